The van der Waals surface area contributed by atoms with Gasteiger partial charge in [-0.05, 0) is 31.4 Å². The van der Waals surface area contributed by atoms with Gasteiger partial charge in [0.1, 0.15) is 6.61 Å². The smallest absolute Gasteiger partial charge is 0.302 e. The number of carbonyl (C=O) groups excluding carboxylic acids is 2. The average molecular weight is 226 g/mol. The molecule has 0 aromatic heterocycles. The van der Waals surface area contributed by atoms with Crippen molar-refractivity contribution in [3.05, 3.63) is 17.9 Å². The number of carbonyl (C=O) groups is 2. The zero-order valence-electron chi connectivity index (χ0n) is 9.82. The minimum atomic E-state index is -0.292. The lowest BCUT2D eigenvalue weighted by atomic mass is 10.2. The normalized spacial score (nSPS) is 8.88. The van der Waals surface area contributed by atoms with Gasteiger partial charge in [0, 0.05) is 13.8 Å². The second-order valence-corrected chi connectivity index (χ2v) is 3.21. The average Bonchev–Trinajstić information content (AvgIpc) is 2.20. The third-order valence-corrected chi connectivity index (χ3v) is 1.65. The van der Waals surface area contributed by atoms with Crippen LogP contribution < -0.4 is 0 Å². The Labute approximate surface area is 95.9 Å². The van der Waals surface area contributed by atoms with E-state index in [-0.39, 0.29) is 18.5 Å². The molecule has 0 aliphatic heterocycles. The number of ether oxygens (including phenoxy) is 2. The molecule has 0 amide bonds. The maximum Gasteiger partial charge on any atom is 0.302 e. The Hall–Kier alpha value is -1.54. The largest absolute Gasteiger partial charge is 0.466 e. The van der Waals surface area contributed by atoms with Gasteiger partial charge in [-0.15, -0.1) is 5.73 Å². The summed E-state index contributed by atoms with van der Waals surface area (Å²) >= 11 is 0. The fourth-order valence-corrected chi connectivity index (χ4v) is 0.938. The quantitative estimate of drug-likeness (QED) is 0.378. The lowest BCUT2D eigenvalue weighted by Crippen LogP contribution is -1.99. The highest BCUT2D eigenvalue weighted by atomic mass is 16.5. The summed E-state index contributed by atoms with van der Waals surface area (Å²) in [6.45, 7) is 3.50. The fourth-order valence-electron chi connectivity index (χ4n) is 0.938. The molecule has 4 nitrogen and oxygen atoms in total. The topological polar surface area (TPSA) is 52.6 Å². The highest BCUT2D eigenvalue weighted by Crippen LogP contribution is 1.96. The van der Waals surface area contributed by atoms with Crippen LogP contribution in [0.25, 0.3) is 0 Å². The summed E-state index contributed by atoms with van der Waals surface area (Å²) < 4.78 is 9.45. The summed E-state index contributed by atoms with van der Waals surface area (Å²) in [7, 11) is 0. The Morgan fingerprint density at radius 3 is 2.38 bits per heavy atom. The van der Waals surface area contributed by atoms with Crippen LogP contribution in [0.3, 0.4) is 0 Å². The molecule has 0 radical (unpaired) electrons. The third kappa shape index (κ3) is 12.5. The van der Waals surface area contributed by atoms with Crippen LogP contribution in [0.4, 0.5) is 0 Å². The van der Waals surface area contributed by atoms with E-state index in [0.717, 1.165) is 19.3 Å². The van der Waals surface area contributed by atoms with Crippen molar-refractivity contribution in [1.82, 2.24) is 0 Å². The molecular formula is C12H18O4. The molecule has 0 heterocycles. The summed E-state index contributed by atoms with van der Waals surface area (Å²) in [5, 5.41) is 0. The van der Waals surface area contributed by atoms with Crippen LogP contribution in [0.5, 0.6) is 0 Å². The molecular weight excluding hydrogens is 208 g/mol. The van der Waals surface area contributed by atoms with Gasteiger partial charge in [0.05, 0.1) is 6.61 Å². The number of rotatable bonds is 7. The van der Waals surface area contributed by atoms with Crippen LogP contribution in [-0.2, 0) is 19.1 Å². The molecule has 0 fully saturated rings. The van der Waals surface area contributed by atoms with Crippen LogP contribution in [0.1, 0.15) is 33.1 Å². The van der Waals surface area contributed by atoms with E-state index in [4.69, 9.17) is 4.74 Å². The molecule has 0 saturated heterocycles. The van der Waals surface area contributed by atoms with Crippen molar-refractivity contribution in [1.29, 1.82) is 0 Å². The van der Waals surface area contributed by atoms with Gasteiger partial charge < -0.3 is 9.47 Å². The van der Waals surface area contributed by atoms with Gasteiger partial charge in [0.15, 0.2) is 0 Å². The van der Waals surface area contributed by atoms with Crippen LogP contribution in [-0.4, -0.2) is 25.2 Å². The SMILES string of the molecule is CC(=O)OCC=C=CCCCCOC(C)=O. The summed E-state index contributed by atoms with van der Waals surface area (Å²) in [4.78, 5) is 20.8. The van der Waals surface area contributed by atoms with E-state index in [9.17, 15) is 9.59 Å². The first-order chi connectivity index (χ1) is 7.63. The molecule has 90 valence electrons. The molecule has 0 spiro atoms. The maximum atomic E-state index is 10.4. The van der Waals surface area contributed by atoms with Crippen molar-refractivity contribution >= 4 is 11.9 Å². The predicted molar refractivity (Wildman–Crippen MR) is 59.8 cm³/mol. The molecule has 0 bridgehead atoms. The molecule has 0 rings (SSSR count). The Balaban J connectivity index is 3.33. The molecule has 0 N–H and O–H groups in total. The lowest BCUT2D eigenvalue weighted by molar-refractivity contribution is -0.141. The van der Waals surface area contributed by atoms with Gasteiger partial charge >= 0.3 is 11.9 Å². The van der Waals surface area contributed by atoms with Gasteiger partial charge in [-0.3, -0.25) is 9.59 Å². The van der Waals surface area contributed by atoms with Crippen molar-refractivity contribution in [3.8, 4) is 0 Å². The Morgan fingerprint density at radius 2 is 1.75 bits per heavy atom. The van der Waals surface area contributed by atoms with Gasteiger partial charge in [0.2, 0.25) is 0 Å². The van der Waals surface area contributed by atoms with E-state index in [2.05, 4.69) is 10.5 Å². The zero-order chi connectivity index (χ0) is 12.2. The first-order valence-corrected chi connectivity index (χ1v) is 5.29. The standard InChI is InChI=1S/C12H18O4/c1-11(13)15-9-7-5-3-4-6-8-10-16-12(2)14/h3,7H,4,6,8-10H2,1-2H3. The number of unbranched alkanes of at least 4 members (excludes halogenated alkanes) is 2. The number of esters is 2. The molecule has 0 unspecified atom stereocenters. The molecule has 0 saturated carbocycles. The lowest BCUT2D eigenvalue weighted by Gasteiger charge is -1.98. The first kappa shape index (κ1) is 14.5. The van der Waals surface area contributed by atoms with Gasteiger partial charge in [-0.25, -0.2) is 0 Å². The van der Waals surface area contributed by atoms with E-state index in [0.29, 0.717) is 6.61 Å². The summed E-state index contributed by atoms with van der Waals surface area (Å²) in [5.41, 5.74) is 2.91. The number of hydrogen-bond acceptors (Lipinski definition) is 4. The molecule has 4 heteroatoms. The Kier molecular flexibility index (Phi) is 9.03. The van der Waals surface area contributed by atoms with Gasteiger partial charge in [0.25, 0.3) is 0 Å². The van der Waals surface area contributed by atoms with Crippen molar-refractivity contribution in [2.24, 2.45) is 0 Å². The molecule has 0 aliphatic rings. The van der Waals surface area contributed by atoms with Crippen LogP contribution in [0.15, 0.2) is 17.9 Å². The van der Waals surface area contributed by atoms with Crippen LogP contribution in [0.2, 0.25) is 0 Å². The highest BCUT2D eigenvalue weighted by molar-refractivity contribution is 5.66. The highest BCUT2D eigenvalue weighted by Gasteiger charge is 1.91. The Morgan fingerprint density at radius 1 is 1.06 bits per heavy atom. The molecule has 0 aliphatic carbocycles. The van der Waals surface area contributed by atoms with E-state index in [1.54, 1.807) is 6.08 Å². The van der Waals surface area contributed by atoms with E-state index >= 15 is 0 Å². The van der Waals surface area contributed by atoms with Crippen molar-refractivity contribution in [3.63, 3.8) is 0 Å². The molecule has 0 aromatic rings. The second kappa shape index (κ2) is 9.99. The zero-order valence-corrected chi connectivity index (χ0v) is 9.82. The van der Waals surface area contributed by atoms with Crippen molar-refractivity contribution in [2.45, 2.75) is 33.1 Å². The predicted octanol–water partition coefficient (Wildman–Crippen LogP) is 1.99. The van der Waals surface area contributed by atoms with E-state index < -0.39 is 0 Å². The van der Waals surface area contributed by atoms with Gasteiger partial charge in [-0.2, -0.15) is 0 Å². The fraction of sp³-hybridized carbons (Fsp3) is 0.583. The van der Waals surface area contributed by atoms with E-state index in [1.165, 1.54) is 13.8 Å². The van der Waals surface area contributed by atoms with Crippen LogP contribution >= 0.6 is 0 Å². The number of hydrogen-bond donors (Lipinski definition) is 0. The van der Waals surface area contributed by atoms with Crippen molar-refractivity contribution < 1.29 is 19.1 Å². The maximum absolute atomic E-state index is 10.4. The van der Waals surface area contributed by atoms with E-state index in [1.807, 2.05) is 6.08 Å². The van der Waals surface area contributed by atoms with Gasteiger partial charge in [-0.1, -0.05) is 0 Å². The molecule has 16 heavy (non-hydrogen) atoms. The first-order valence-electron chi connectivity index (χ1n) is 5.29. The summed E-state index contributed by atoms with van der Waals surface area (Å²) in [6.07, 6.45) is 6.20. The monoisotopic (exact) mass is 226 g/mol. The summed E-state index contributed by atoms with van der Waals surface area (Å²) in [5.74, 6) is -0.531. The molecule has 0 aromatic carbocycles. The molecule has 0 atom stereocenters. The second-order valence-electron chi connectivity index (χ2n) is 3.21. The van der Waals surface area contributed by atoms with Crippen molar-refractivity contribution in [2.75, 3.05) is 13.2 Å². The summed E-state index contributed by atoms with van der Waals surface area (Å²) in [6, 6.07) is 0. The minimum absolute atomic E-state index is 0.239. The Bertz CT molecular complexity index is 275. The van der Waals surface area contributed by atoms with Crippen LogP contribution in [0, 0.1) is 0 Å². The third-order valence-electron chi connectivity index (χ3n) is 1.65. The minimum Gasteiger partial charge on any atom is -0.466 e.